The molecule has 2 aromatic rings. The number of esters is 1. The first-order valence-corrected chi connectivity index (χ1v) is 12.3. The molecule has 6 unspecified atom stereocenters. The van der Waals surface area contributed by atoms with Crippen LogP contribution in [-0.4, -0.2) is 63.8 Å². The second-order valence-corrected chi connectivity index (χ2v) is 9.40. The van der Waals surface area contributed by atoms with Crippen LogP contribution in [0.25, 0.3) is 0 Å². The van der Waals surface area contributed by atoms with Crippen molar-refractivity contribution in [3.8, 4) is 17.6 Å². The van der Waals surface area contributed by atoms with Gasteiger partial charge in [-0.25, -0.2) is 9.36 Å². The first-order chi connectivity index (χ1) is 17.1. The Balaban J connectivity index is 1.81. The predicted octanol–water partition coefficient (Wildman–Crippen LogP) is -0.118. The maximum Gasteiger partial charge on any atom is 0.459 e. The van der Waals surface area contributed by atoms with Crippen LogP contribution in [0.3, 0.4) is 0 Å². The molecule has 1 saturated heterocycles. The van der Waals surface area contributed by atoms with E-state index in [1.54, 1.807) is 18.2 Å². The summed E-state index contributed by atoms with van der Waals surface area (Å²) in [7, 11) is -3.09. The number of para-hydroxylation sites is 1. The van der Waals surface area contributed by atoms with Gasteiger partial charge in [0, 0.05) is 6.20 Å². The van der Waals surface area contributed by atoms with Gasteiger partial charge in [-0.15, -0.1) is 5.92 Å². The average Bonchev–Trinajstić information content (AvgIpc) is 3.13. The number of nitrogens with one attached hydrogen (secondary N) is 2. The van der Waals surface area contributed by atoms with Crippen LogP contribution in [0.4, 0.5) is 0 Å². The van der Waals surface area contributed by atoms with Crippen molar-refractivity contribution in [1.82, 2.24) is 14.6 Å². The molecule has 36 heavy (non-hydrogen) atoms. The van der Waals surface area contributed by atoms with Crippen LogP contribution >= 0.6 is 7.75 Å². The fraction of sp³-hybridized carbons (Fsp3) is 0.409. The van der Waals surface area contributed by atoms with Gasteiger partial charge in [0.2, 0.25) is 0 Å². The number of H-pyrrole nitrogens is 1. The van der Waals surface area contributed by atoms with E-state index in [4.69, 9.17) is 13.8 Å². The highest BCUT2D eigenvalue weighted by molar-refractivity contribution is 7.52. The van der Waals surface area contributed by atoms with Gasteiger partial charge in [-0.3, -0.25) is 23.7 Å². The van der Waals surface area contributed by atoms with Gasteiger partial charge in [-0.2, -0.15) is 5.09 Å². The number of ether oxygens (including phenoxy) is 2. The summed E-state index contributed by atoms with van der Waals surface area (Å²) in [5.74, 6) is 4.50. The summed E-state index contributed by atoms with van der Waals surface area (Å²) in [6, 6.07) is 6.92. The number of rotatable bonds is 9. The van der Waals surface area contributed by atoms with Gasteiger partial charge in [0.25, 0.3) is 5.56 Å². The number of aromatic amines is 1. The zero-order valence-electron chi connectivity index (χ0n) is 19.6. The van der Waals surface area contributed by atoms with Crippen LogP contribution in [-0.2, 0) is 23.4 Å². The first-order valence-electron chi connectivity index (χ1n) is 10.7. The van der Waals surface area contributed by atoms with Gasteiger partial charge in [0.1, 0.15) is 35.7 Å². The van der Waals surface area contributed by atoms with Gasteiger partial charge in [0.15, 0.2) is 6.23 Å². The number of hydrogen-bond donors (Lipinski definition) is 4. The van der Waals surface area contributed by atoms with E-state index in [-0.39, 0.29) is 11.3 Å². The molecule has 0 aliphatic carbocycles. The minimum Gasteiger partial charge on any atom is -0.468 e. The van der Waals surface area contributed by atoms with Crippen molar-refractivity contribution in [3.05, 3.63) is 62.9 Å². The van der Waals surface area contributed by atoms with Crippen molar-refractivity contribution >= 4 is 13.7 Å². The SMILES string of the molecule is CC#Cc1cn(C2OC(COP(=O)(NC(C)C(=O)OC)Oc3ccccc3)C(O)C2O)c(=O)[nH]c1=O. The predicted molar refractivity (Wildman–Crippen MR) is 125 cm³/mol. The summed E-state index contributed by atoms with van der Waals surface area (Å²) in [5, 5.41) is 23.5. The van der Waals surface area contributed by atoms with E-state index >= 15 is 0 Å². The number of carbonyl (C=O) groups excluding carboxylic acids is 1. The molecule has 0 spiro atoms. The molecule has 1 aromatic carbocycles. The van der Waals surface area contributed by atoms with E-state index in [0.29, 0.717) is 0 Å². The molecule has 3 rings (SSSR count). The number of aliphatic hydroxyl groups is 2. The Morgan fingerprint density at radius 1 is 1.28 bits per heavy atom. The van der Waals surface area contributed by atoms with E-state index < -0.39 is 62.2 Å². The Labute approximate surface area is 205 Å². The molecule has 1 fully saturated rings. The number of benzene rings is 1. The lowest BCUT2D eigenvalue weighted by Gasteiger charge is -2.24. The standard InChI is InChI=1S/C22H26N3O10P/c1-4-8-14-11-25(22(30)23-19(14)28)20-18(27)17(26)16(34-20)12-33-36(31,24-13(2)21(29)32-3)35-15-9-6-5-7-10-15/h5-7,9-11,13,16-18,20,26-27H,12H2,1-3H3,(H,24,31)(H,23,28,30). The number of nitrogens with zero attached hydrogens (tertiary/aromatic N) is 1. The molecule has 1 aliphatic rings. The lowest BCUT2D eigenvalue weighted by Crippen LogP contribution is -2.39. The summed E-state index contributed by atoms with van der Waals surface area (Å²) >= 11 is 0. The van der Waals surface area contributed by atoms with E-state index in [2.05, 4.69) is 26.6 Å². The highest BCUT2D eigenvalue weighted by Crippen LogP contribution is 2.45. The van der Waals surface area contributed by atoms with Crippen LogP contribution in [0.2, 0.25) is 0 Å². The molecule has 0 bridgehead atoms. The Morgan fingerprint density at radius 3 is 2.61 bits per heavy atom. The number of carbonyl (C=O) groups is 1. The lowest BCUT2D eigenvalue weighted by atomic mass is 10.1. The summed E-state index contributed by atoms with van der Waals surface area (Å²) < 4.78 is 35.5. The van der Waals surface area contributed by atoms with Crippen LogP contribution in [0.1, 0.15) is 25.6 Å². The fourth-order valence-corrected chi connectivity index (χ4v) is 4.85. The Bertz CT molecular complexity index is 1300. The minimum atomic E-state index is -4.25. The highest BCUT2D eigenvalue weighted by Gasteiger charge is 2.46. The van der Waals surface area contributed by atoms with E-state index in [0.717, 1.165) is 17.9 Å². The zero-order valence-corrected chi connectivity index (χ0v) is 20.5. The van der Waals surface area contributed by atoms with Gasteiger partial charge in [0.05, 0.1) is 13.7 Å². The summed E-state index contributed by atoms with van der Waals surface area (Å²) in [6.45, 7) is 2.31. The topological polar surface area (TPSA) is 178 Å². The molecule has 1 aliphatic heterocycles. The van der Waals surface area contributed by atoms with Crippen molar-refractivity contribution in [2.24, 2.45) is 0 Å². The maximum absolute atomic E-state index is 13.4. The normalized spacial score (nSPS) is 23.7. The van der Waals surface area contributed by atoms with Gasteiger partial charge in [-0.05, 0) is 26.0 Å². The van der Waals surface area contributed by atoms with Crippen LogP contribution in [0.5, 0.6) is 5.75 Å². The fourth-order valence-electron chi connectivity index (χ4n) is 3.34. The van der Waals surface area contributed by atoms with Gasteiger partial charge >= 0.3 is 19.4 Å². The molecular formula is C22H26N3O10P. The molecular weight excluding hydrogens is 497 g/mol. The quantitative estimate of drug-likeness (QED) is 0.196. The van der Waals surface area contributed by atoms with Crippen molar-refractivity contribution in [1.29, 1.82) is 0 Å². The van der Waals surface area contributed by atoms with E-state index in [1.165, 1.54) is 26.0 Å². The molecule has 2 heterocycles. The van der Waals surface area contributed by atoms with Crippen molar-refractivity contribution in [2.75, 3.05) is 13.7 Å². The molecule has 0 saturated carbocycles. The Morgan fingerprint density at radius 2 is 1.97 bits per heavy atom. The van der Waals surface area contributed by atoms with Crippen LogP contribution in [0.15, 0.2) is 46.1 Å². The third kappa shape index (κ3) is 6.30. The molecule has 0 radical (unpaired) electrons. The third-order valence-corrected chi connectivity index (χ3v) is 6.77. The number of aromatic nitrogens is 2. The maximum atomic E-state index is 13.4. The molecule has 194 valence electrons. The summed E-state index contributed by atoms with van der Waals surface area (Å²) in [6.07, 6.45) is -4.76. The summed E-state index contributed by atoms with van der Waals surface area (Å²) in [5.41, 5.74) is -1.67. The molecule has 4 N–H and O–H groups in total. The van der Waals surface area contributed by atoms with E-state index in [1.807, 2.05) is 0 Å². The zero-order chi connectivity index (χ0) is 26.5. The van der Waals surface area contributed by atoms with Crippen molar-refractivity contribution < 1.29 is 38.1 Å². The molecule has 6 atom stereocenters. The minimum absolute atomic E-state index is 0.0520. The van der Waals surface area contributed by atoms with Crippen molar-refractivity contribution in [3.63, 3.8) is 0 Å². The first kappa shape index (κ1) is 27.3. The van der Waals surface area contributed by atoms with Gasteiger partial charge < -0.3 is 24.2 Å². The lowest BCUT2D eigenvalue weighted by molar-refractivity contribution is -0.142. The smallest absolute Gasteiger partial charge is 0.459 e. The average molecular weight is 523 g/mol. The number of hydrogen-bond acceptors (Lipinski definition) is 10. The molecule has 14 heteroatoms. The van der Waals surface area contributed by atoms with Crippen LogP contribution < -0.4 is 20.9 Å². The van der Waals surface area contributed by atoms with Crippen LogP contribution in [0, 0.1) is 11.8 Å². The monoisotopic (exact) mass is 523 g/mol. The highest BCUT2D eigenvalue weighted by atomic mass is 31.2. The number of methoxy groups -OCH3 is 1. The van der Waals surface area contributed by atoms with E-state index in [9.17, 15) is 29.2 Å². The third-order valence-electron chi connectivity index (χ3n) is 5.12. The van der Waals surface area contributed by atoms with Gasteiger partial charge in [-0.1, -0.05) is 24.1 Å². The Hall–Kier alpha value is -3.24. The number of aliphatic hydroxyl groups excluding tert-OH is 2. The summed E-state index contributed by atoms with van der Waals surface area (Å²) in [4.78, 5) is 38.1. The molecule has 1 aromatic heterocycles. The second-order valence-electron chi connectivity index (χ2n) is 7.70. The largest absolute Gasteiger partial charge is 0.468 e. The second kappa shape index (κ2) is 11.7. The molecule has 13 nitrogen and oxygen atoms in total. The Kier molecular flexibility index (Phi) is 8.86. The molecule has 0 amide bonds. The van der Waals surface area contributed by atoms with Crippen molar-refractivity contribution in [2.45, 2.75) is 44.4 Å².